The van der Waals surface area contributed by atoms with Gasteiger partial charge in [-0.1, -0.05) is 30.3 Å². The topological polar surface area (TPSA) is 79.7 Å². The first-order valence-corrected chi connectivity index (χ1v) is 8.42. The molecule has 1 N–H and O–H groups in total. The molecule has 0 spiro atoms. The molecule has 7 heteroatoms. The molecule has 0 bridgehead atoms. The van der Waals surface area contributed by atoms with E-state index < -0.39 is 18.1 Å². The van der Waals surface area contributed by atoms with Crippen molar-refractivity contribution in [2.45, 2.75) is 39.5 Å². The molecule has 1 unspecified atom stereocenters. The summed E-state index contributed by atoms with van der Waals surface area (Å²) in [5.41, 5.74) is 1.56. The third kappa shape index (κ3) is 4.32. The normalized spacial score (nSPS) is 12.0. The van der Waals surface area contributed by atoms with Gasteiger partial charge in [-0.25, -0.2) is 14.6 Å². The van der Waals surface area contributed by atoms with Crippen LogP contribution in [0.2, 0.25) is 0 Å². The smallest absolute Gasteiger partial charge is 0.411 e. The van der Waals surface area contributed by atoms with Crippen LogP contribution in [-0.2, 0) is 16.1 Å². The van der Waals surface area contributed by atoms with E-state index in [9.17, 15) is 14.7 Å². The molecular weight excluding hydrogens is 328 g/mol. The molecule has 2 rings (SSSR count). The zero-order valence-electron chi connectivity index (χ0n) is 13.8. The van der Waals surface area contributed by atoms with Gasteiger partial charge in [-0.05, 0) is 26.3 Å². The number of aryl methyl sites for hydroxylation is 1. The molecule has 0 aliphatic carbocycles. The zero-order chi connectivity index (χ0) is 17.7. The Morgan fingerprint density at radius 2 is 1.96 bits per heavy atom. The molecule has 0 saturated carbocycles. The molecule has 0 saturated heterocycles. The third-order valence-corrected chi connectivity index (χ3v) is 4.37. The fourth-order valence-corrected chi connectivity index (χ4v) is 3.13. The lowest BCUT2D eigenvalue weighted by molar-refractivity contribution is -0.143. The first kappa shape index (κ1) is 17.9. The van der Waals surface area contributed by atoms with Crippen molar-refractivity contribution in [3.63, 3.8) is 0 Å². The monoisotopic (exact) mass is 348 g/mol. The first-order chi connectivity index (χ1) is 11.4. The summed E-state index contributed by atoms with van der Waals surface area (Å²) in [6.45, 7) is 5.37. The van der Waals surface area contributed by atoms with E-state index in [-0.39, 0.29) is 12.6 Å². The largest absolute Gasteiger partial charge is 0.479 e. The minimum atomic E-state index is -1.16. The molecule has 1 aromatic carbocycles. The number of hydrogen-bond acceptors (Lipinski definition) is 5. The summed E-state index contributed by atoms with van der Waals surface area (Å²) in [7, 11) is 0. The van der Waals surface area contributed by atoms with E-state index in [0.717, 1.165) is 11.3 Å². The van der Waals surface area contributed by atoms with E-state index >= 15 is 0 Å². The van der Waals surface area contributed by atoms with E-state index in [0.29, 0.717) is 5.01 Å². The Morgan fingerprint density at radius 1 is 1.29 bits per heavy atom. The van der Waals surface area contributed by atoms with Crippen molar-refractivity contribution in [2.75, 3.05) is 0 Å². The van der Waals surface area contributed by atoms with Crippen LogP contribution in [0.25, 0.3) is 0 Å². The van der Waals surface area contributed by atoms with Crippen LogP contribution in [0.5, 0.6) is 0 Å². The first-order valence-electron chi connectivity index (χ1n) is 7.54. The molecule has 128 valence electrons. The number of hydrogen-bond donors (Lipinski definition) is 1. The maximum Gasteiger partial charge on any atom is 0.411 e. The quantitative estimate of drug-likeness (QED) is 0.862. The van der Waals surface area contributed by atoms with Gasteiger partial charge in [-0.3, -0.25) is 4.90 Å². The Morgan fingerprint density at radius 3 is 2.46 bits per heavy atom. The Kier molecular flexibility index (Phi) is 5.92. The minimum Gasteiger partial charge on any atom is -0.479 e. The van der Waals surface area contributed by atoms with Crippen LogP contribution in [-0.4, -0.2) is 33.1 Å². The van der Waals surface area contributed by atoms with Crippen LogP contribution in [0.3, 0.4) is 0 Å². The van der Waals surface area contributed by atoms with Crippen LogP contribution in [0.1, 0.15) is 36.2 Å². The summed E-state index contributed by atoms with van der Waals surface area (Å²) in [6, 6.07) is 7.74. The molecule has 1 amide bonds. The predicted octanol–water partition coefficient (Wildman–Crippen LogP) is 3.62. The molecule has 0 fully saturated rings. The highest BCUT2D eigenvalue weighted by Crippen LogP contribution is 2.27. The van der Waals surface area contributed by atoms with Crippen LogP contribution in [0.4, 0.5) is 4.79 Å². The van der Waals surface area contributed by atoms with E-state index in [1.54, 1.807) is 26.2 Å². The summed E-state index contributed by atoms with van der Waals surface area (Å²) in [5.74, 6) is -1.13. The third-order valence-electron chi connectivity index (χ3n) is 3.36. The highest BCUT2D eigenvalue weighted by molar-refractivity contribution is 7.09. The summed E-state index contributed by atoms with van der Waals surface area (Å²) >= 11 is 1.22. The number of aromatic nitrogens is 1. The van der Waals surface area contributed by atoms with Crippen LogP contribution < -0.4 is 0 Å². The van der Waals surface area contributed by atoms with Crippen molar-refractivity contribution >= 4 is 23.4 Å². The van der Waals surface area contributed by atoms with Gasteiger partial charge in [0.15, 0.2) is 6.04 Å². The average molecular weight is 348 g/mol. The number of ether oxygens (including phenoxy) is 1. The molecule has 2 aromatic rings. The highest BCUT2D eigenvalue weighted by Gasteiger charge is 2.36. The van der Waals surface area contributed by atoms with Crippen molar-refractivity contribution in [1.29, 1.82) is 0 Å². The Balaban J connectivity index is 2.19. The van der Waals surface area contributed by atoms with E-state index in [1.807, 2.05) is 30.3 Å². The maximum atomic E-state index is 12.5. The van der Waals surface area contributed by atoms with Gasteiger partial charge in [-0.2, -0.15) is 0 Å². The summed E-state index contributed by atoms with van der Waals surface area (Å²) in [5, 5.41) is 11.7. The number of nitrogens with zero attached hydrogens (tertiary/aromatic N) is 2. The second kappa shape index (κ2) is 7.92. The summed E-state index contributed by atoms with van der Waals surface area (Å²) in [6.07, 6.45) is -0.672. The molecule has 24 heavy (non-hydrogen) atoms. The summed E-state index contributed by atoms with van der Waals surface area (Å²) < 4.78 is 5.31. The predicted molar refractivity (Wildman–Crippen MR) is 90.8 cm³/mol. The Labute approximate surface area is 144 Å². The fraction of sp³-hybridized carbons (Fsp3) is 0.353. The number of carbonyl (C=O) groups excluding carboxylic acids is 1. The molecular formula is C17H20N2O4S. The zero-order valence-corrected chi connectivity index (χ0v) is 14.6. The van der Waals surface area contributed by atoms with Crippen LogP contribution in [0.15, 0.2) is 35.7 Å². The van der Waals surface area contributed by atoms with Crippen LogP contribution in [0, 0.1) is 6.92 Å². The second-order valence-corrected chi connectivity index (χ2v) is 6.50. The van der Waals surface area contributed by atoms with E-state index in [1.165, 1.54) is 16.2 Å². The number of aliphatic carboxylic acids is 1. The standard InChI is InChI=1S/C17H20N2O4S/c1-11(2)19(14(16(20)21)15-18-12(3)10-24-15)17(22)23-9-13-7-5-4-6-8-13/h4-8,10-11,14H,9H2,1-3H3,(H,20,21). The van der Waals surface area contributed by atoms with Gasteiger partial charge in [0, 0.05) is 17.1 Å². The minimum absolute atomic E-state index is 0.0894. The van der Waals surface area contributed by atoms with E-state index in [2.05, 4.69) is 4.98 Å². The molecule has 1 atom stereocenters. The lowest BCUT2D eigenvalue weighted by atomic mass is 10.2. The van der Waals surface area contributed by atoms with Gasteiger partial charge in [0.2, 0.25) is 0 Å². The number of benzene rings is 1. The van der Waals surface area contributed by atoms with Gasteiger partial charge in [0.25, 0.3) is 0 Å². The number of rotatable bonds is 6. The SMILES string of the molecule is Cc1csc(C(C(=O)O)N(C(=O)OCc2ccccc2)C(C)C)n1. The highest BCUT2D eigenvalue weighted by atomic mass is 32.1. The van der Waals surface area contributed by atoms with Crippen molar-refractivity contribution in [3.8, 4) is 0 Å². The molecule has 0 radical (unpaired) electrons. The number of carboxylic acid groups (broad SMARTS) is 1. The van der Waals surface area contributed by atoms with Crippen molar-refractivity contribution in [3.05, 3.63) is 52.0 Å². The number of thiazole rings is 1. The van der Waals surface area contributed by atoms with Gasteiger partial charge in [0.05, 0.1) is 0 Å². The molecule has 0 aliphatic rings. The Bertz CT molecular complexity index is 700. The van der Waals surface area contributed by atoms with Gasteiger partial charge >= 0.3 is 12.1 Å². The van der Waals surface area contributed by atoms with Crippen molar-refractivity contribution < 1.29 is 19.4 Å². The second-order valence-electron chi connectivity index (χ2n) is 5.61. The lowest BCUT2D eigenvalue weighted by Gasteiger charge is -2.30. The van der Waals surface area contributed by atoms with Gasteiger partial charge < -0.3 is 9.84 Å². The fourth-order valence-electron chi connectivity index (χ4n) is 2.25. The van der Waals surface area contributed by atoms with Crippen molar-refractivity contribution in [2.24, 2.45) is 0 Å². The molecule has 1 aromatic heterocycles. The molecule has 0 aliphatic heterocycles. The van der Waals surface area contributed by atoms with Crippen molar-refractivity contribution in [1.82, 2.24) is 9.88 Å². The number of carboxylic acids is 1. The molecule has 1 heterocycles. The van der Waals surface area contributed by atoms with E-state index in [4.69, 9.17) is 4.74 Å². The maximum absolute atomic E-state index is 12.5. The Hall–Kier alpha value is -2.41. The number of carbonyl (C=O) groups is 2. The molecule has 6 nitrogen and oxygen atoms in total. The van der Waals surface area contributed by atoms with Gasteiger partial charge in [0.1, 0.15) is 11.6 Å². The van der Waals surface area contributed by atoms with Gasteiger partial charge in [-0.15, -0.1) is 11.3 Å². The summed E-state index contributed by atoms with van der Waals surface area (Å²) in [4.78, 5) is 29.7. The average Bonchev–Trinajstić information content (AvgIpc) is 2.96. The van der Waals surface area contributed by atoms with Crippen LogP contribution >= 0.6 is 11.3 Å². The number of amides is 1. The lowest BCUT2D eigenvalue weighted by Crippen LogP contribution is -2.43.